The zero-order chi connectivity index (χ0) is 11.6. The van der Waals surface area contributed by atoms with E-state index < -0.39 is 0 Å². The third-order valence-electron chi connectivity index (χ3n) is 4.04. The summed E-state index contributed by atoms with van der Waals surface area (Å²) in [6.45, 7) is 5.53. The second kappa shape index (κ2) is 5.03. The summed E-state index contributed by atoms with van der Waals surface area (Å²) in [6.07, 6.45) is 5.86. The predicted molar refractivity (Wildman–Crippen MR) is 64.4 cm³/mol. The van der Waals surface area contributed by atoms with Gasteiger partial charge in [0.15, 0.2) is 0 Å². The minimum absolute atomic E-state index is 0.0171. The molecular formula is C13H25NO2. The molecule has 2 aliphatic rings. The van der Waals surface area contributed by atoms with E-state index >= 15 is 0 Å². The molecular weight excluding hydrogens is 202 g/mol. The number of ether oxygens (including phenoxy) is 1. The van der Waals surface area contributed by atoms with E-state index in [2.05, 4.69) is 19.2 Å². The molecule has 0 aromatic carbocycles. The molecule has 0 aromatic rings. The highest BCUT2D eigenvalue weighted by atomic mass is 16.5. The van der Waals surface area contributed by atoms with Crippen molar-refractivity contribution in [1.29, 1.82) is 0 Å². The molecule has 94 valence electrons. The van der Waals surface area contributed by atoms with Gasteiger partial charge in [-0.1, -0.05) is 6.42 Å². The molecule has 3 unspecified atom stereocenters. The first kappa shape index (κ1) is 12.3. The molecule has 3 nitrogen and oxygen atoms in total. The number of aliphatic hydroxyl groups is 1. The van der Waals surface area contributed by atoms with E-state index in [1.165, 1.54) is 19.3 Å². The number of nitrogens with one attached hydrogen (secondary N) is 1. The van der Waals surface area contributed by atoms with Gasteiger partial charge < -0.3 is 15.2 Å². The van der Waals surface area contributed by atoms with Crippen molar-refractivity contribution < 1.29 is 9.84 Å². The quantitative estimate of drug-likeness (QED) is 0.771. The Labute approximate surface area is 98.6 Å². The fourth-order valence-electron chi connectivity index (χ4n) is 3.15. The molecule has 2 rings (SSSR count). The van der Waals surface area contributed by atoms with Gasteiger partial charge in [-0.15, -0.1) is 0 Å². The van der Waals surface area contributed by atoms with Crippen LogP contribution >= 0.6 is 0 Å². The molecule has 1 heterocycles. The highest BCUT2D eigenvalue weighted by Crippen LogP contribution is 2.29. The molecule has 1 aliphatic carbocycles. The van der Waals surface area contributed by atoms with Crippen molar-refractivity contribution in [2.24, 2.45) is 5.92 Å². The van der Waals surface area contributed by atoms with Crippen molar-refractivity contribution in [2.75, 3.05) is 13.2 Å². The van der Waals surface area contributed by atoms with Crippen LogP contribution in [-0.2, 0) is 4.74 Å². The fourth-order valence-corrected chi connectivity index (χ4v) is 3.15. The van der Waals surface area contributed by atoms with Crippen LogP contribution in [0, 0.1) is 5.92 Å². The van der Waals surface area contributed by atoms with Gasteiger partial charge in [-0.25, -0.2) is 0 Å². The van der Waals surface area contributed by atoms with Gasteiger partial charge in [0, 0.05) is 25.3 Å². The summed E-state index contributed by atoms with van der Waals surface area (Å²) in [4.78, 5) is 0. The Morgan fingerprint density at radius 2 is 2.12 bits per heavy atom. The number of rotatable bonds is 3. The van der Waals surface area contributed by atoms with Gasteiger partial charge in [0.25, 0.3) is 0 Å². The number of aliphatic hydroxyl groups excluding tert-OH is 1. The van der Waals surface area contributed by atoms with E-state index in [4.69, 9.17) is 4.74 Å². The summed E-state index contributed by atoms with van der Waals surface area (Å²) in [5, 5.41) is 13.0. The lowest BCUT2D eigenvalue weighted by Crippen LogP contribution is -2.48. The molecule has 16 heavy (non-hydrogen) atoms. The van der Waals surface area contributed by atoms with Gasteiger partial charge >= 0.3 is 0 Å². The van der Waals surface area contributed by atoms with Crippen LogP contribution in [0.1, 0.15) is 46.0 Å². The zero-order valence-corrected chi connectivity index (χ0v) is 10.5. The predicted octanol–water partition coefficient (Wildman–Crippen LogP) is 1.69. The molecule has 3 heteroatoms. The van der Waals surface area contributed by atoms with Crippen molar-refractivity contribution in [3.63, 3.8) is 0 Å². The van der Waals surface area contributed by atoms with E-state index in [9.17, 15) is 5.11 Å². The third-order valence-corrected chi connectivity index (χ3v) is 4.04. The van der Waals surface area contributed by atoms with E-state index in [1.54, 1.807) is 0 Å². The van der Waals surface area contributed by atoms with Crippen molar-refractivity contribution in [3.8, 4) is 0 Å². The first-order chi connectivity index (χ1) is 7.61. The minimum Gasteiger partial charge on any atom is -0.396 e. The second-order valence-electron chi connectivity index (χ2n) is 5.94. The average Bonchev–Trinajstić information content (AvgIpc) is 2.63. The van der Waals surface area contributed by atoms with Crippen molar-refractivity contribution in [2.45, 2.75) is 63.6 Å². The van der Waals surface area contributed by atoms with Crippen LogP contribution in [-0.4, -0.2) is 36.0 Å². The minimum atomic E-state index is 0.0171. The Balaban J connectivity index is 1.84. The summed E-state index contributed by atoms with van der Waals surface area (Å²) in [5.74, 6) is 0.478. The van der Waals surface area contributed by atoms with Crippen molar-refractivity contribution in [1.82, 2.24) is 5.32 Å². The zero-order valence-electron chi connectivity index (χ0n) is 10.5. The standard InChI is InChI=1S/C13H25NO2/c1-13(2)8-11(6-7-16-13)14-12-5-3-4-10(12)9-15/h10-12,14-15H,3-9H2,1-2H3. The molecule has 2 fully saturated rings. The lowest BCUT2D eigenvalue weighted by atomic mass is 9.92. The summed E-state index contributed by atoms with van der Waals surface area (Å²) in [7, 11) is 0. The molecule has 1 saturated carbocycles. The van der Waals surface area contributed by atoms with E-state index in [0.717, 1.165) is 19.4 Å². The van der Waals surface area contributed by atoms with Gasteiger partial charge in [-0.3, -0.25) is 0 Å². The Morgan fingerprint density at radius 1 is 1.31 bits per heavy atom. The SMILES string of the molecule is CC1(C)CC(NC2CCCC2CO)CCO1. The van der Waals surface area contributed by atoms with Crippen molar-refractivity contribution >= 4 is 0 Å². The summed E-state index contributed by atoms with van der Waals surface area (Å²) in [5.41, 5.74) is 0.0171. The van der Waals surface area contributed by atoms with Gasteiger partial charge in [0.05, 0.1) is 5.60 Å². The van der Waals surface area contributed by atoms with Gasteiger partial charge in [0.2, 0.25) is 0 Å². The summed E-state index contributed by atoms with van der Waals surface area (Å²) >= 11 is 0. The summed E-state index contributed by atoms with van der Waals surface area (Å²) < 4.78 is 5.72. The van der Waals surface area contributed by atoms with Gasteiger partial charge in [-0.2, -0.15) is 0 Å². The van der Waals surface area contributed by atoms with Crippen LogP contribution in [0.5, 0.6) is 0 Å². The average molecular weight is 227 g/mol. The van der Waals surface area contributed by atoms with Crippen LogP contribution in [0.4, 0.5) is 0 Å². The van der Waals surface area contributed by atoms with Crippen LogP contribution in [0.2, 0.25) is 0 Å². The van der Waals surface area contributed by atoms with Crippen LogP contribution in [0.15, 0.2) is 0 Å². The Kier molecular flexibility index (Phi) is 3.88. The fraction of sp³-hybridized carbons (Fsp3) is 1.00. The van der Waals surface area contributed by atoms with Gasteiger partial charge in [0.1, 0.15) is 0 Å². The summed E-state index contributed by atoms with van der Waals surface area (Å²) in [6, 6.07) is 1.10. The lowest BCUT2D eigenvalue weighted by molar-refractivity contribution is -0.0649. The molecule has 0 spiro atoms. The van der Waals surface area contributed by atoms with E-state index in [0.29, 0.717) is 24.6 Å². The first-order valence-electron chi connectivity index (χ1n) is 6.61. The molecule has 0 aromatic heterocycles. The number of hydrogen-bond acceptors (Lipinski definition) is 3. The maximum absolute atomic E-state index is 9.30. The lowest BCUT2D eigenvalue weighted by Gasteiger charge is -2.38. The Bertz CT molecular complexity index is 230. The monoisotopic (exact) mass is 227 g/mol. The molecule has 2 N–H and O–H groups in total. The van der Waals surface area contributed by atoms with Crippen molar-refractivity contribution in [3.05, 3.63) is 0 Å². The van der Waals surface area contributed by atoms with Crippen LogP contribution in [0.25, 0.3) is 0 Å². The molecule has 0 radical (unpaired) electrons. The van der Waals surface area contributed by atoms with E-state index in [-0.39, 0.29) is 5.60 Å². The Hall–Kier alpha value is -0.120. The molecule has 1 aliphatic heterocycles. The highest BCUT2D eigenvalue weighted by molar-refractivity contribution is 4.89. The normalized spacial score (nSPS) is 38.8. The largest absolute Gasteiger partial charge is 0.396 e. The topological polar surface area (TPSA) is 41.5 Å². The first-order valence-corrected chi connectivity index (χ1v) is 6.61. The molecule has 0 bridgehead atoms. The second-order valence-corrected chi connectivity index (χ2v) is 5.94. The van der Waals surface area contributed by atoms with Crippen LogP contribution < -0.4 is 5.32 Å². The van der Waals surface area contributed by atoms with E-state index in [1.807, 2.05) is 0 Å². The molecule has 3 atom stereocenters. The Morgan fingerprint density at radius 3 is 2.81 bits per heavy atom. The van der Waals surface area contributed by atoms with Gasteiger partial charge in [-0.05, 0) is 45.4 Å². The molecule has 1 saturated heterocycles. The highest BCUT2D eigenvalue weighted by Gasteiger charge is 2.33. The maximum atomic E-state index is 9.30. The third kappa shape index (κ3) is 2.96. The van der Waals surface area contributed by atoms with Crippen LogP contribution in [0.3, 0.4) is 0 Å². The number of hydrogen-bond donors (Lipinski definition) is 2. The smallest absolute Gasteiger partial charge is 0.0641 e. The maximum Gasteiger partial charge on any atom is 0.0641 e. The molecule has 0 amide bonds.